The highest BCUT2D eigenvalue weighted by atomic mass is 16.2. The topological polar surface area (TPSA) is 41.1 Å². The van der Waals surface area contributed by atoms with Gasteiger partial charge in [-0.3, -0.25) is 15.6 Å². The number of para-hydroxylation sites is 1. The van der Waals surface area contributed by atoms with Crippen LogP contribution in [0.25, 0.3) is 0 Å². The Balaban J connectivity index is 1.73. The van der Waals surface area contributed by atoms with E-state index in [1.54, 1.807) is 0 Å². The van der Waals surface area contributed by atoms with Crippen LogP contribution in [0.2, 0.25) is 0 Å². The first-order valence-corrected chi connectivity index (χ1v) is 7.28. The average Bonchev–Trinajstić information content (AvgIpc) is 2.98. The first-order valence-electron chi connectivity index (χ1n) is 7.28. The fourth-order valence-corrected chi connectivity index (χ4v) is 3.91. The van der Waals surface area contributed by atoms with Crippen molar-refractivity contribution in [3.63, 3.8) is 0 Å². The molecule has 106 valence electrons. The number of anilines is 1. The molecule has 0 aromatic heterocycles. The minimum absolute atomic E-state index is 0.0689. The highest BCUT2D eigenvalue weighted by molar-refractivity contribution is 5.88. The summed E-state index contributed by atoms with van der Waals surface area (Å²) < 4.78 is 0. The predicted octanol–water partition coefficient (Wildman–Crippen LogP) is 3.51. The fraction of sp³-hybridized carbons (Fsp3) is 0.471. The van der Waals surface area contributed by atoms with Crippen LogP contribution in [0.1, 0.15) is 33.1 Å². The molecule has 2 saturated carbocycles. The molecule has 20 heavy (non-hydrogen) atoms. The molecule has 2 atom stereocenters. The summed E-state index contributed by atoms with van der Waals surface area (Å²) >= 11 is 0. The predicted molar refractivity (Wildman–Crippen MR) is 80.9 cm³/mol. The molecule has 2 fully saturated rings. The van der Waals surface area contributed by atoms with Gasteiger partial charge in [-0.15, -0.1) is 0 Å². The Hall–Kier alpha value is -1.77. The van der Waals surface area contributed by atoms with Crippen LogP contribution < -0.4 is 10.9 Å². The number of nitrogens with one attached hydrogen (secondary N) is 2. The van der Waals surface area contributed by atoms with Crippen molar-refractivity contribution in [2.45, 2.75) is 33.1 Å². The van der Waals surface area contributed by atoms with Crippen LogP contribution in [-0.2, 0) is 4.79 Å². The Kier molecular flexibility index (Phi) is 2.89. The molecular weight excluding hydrogens is 248 g/mol. The third-order valence-corrected chi connectivity index (χ3v) is 5.42. The Bertz CT molecular complexity index is 549. The second-order valence-corrected chi connectivity index (χ2v) is 6.67. The molecule has 1 aromatic carbocycles. The van der Waals surface area contributed by atoms with Crippen LogP contribution in [0, 0.1) is 16.7 Å². The van der Waals surface area contributed by atoms with Gasteiger partial charge in [0.2, 0.25) is 5.91 Å². The second-order valence-electron chi connectivity index (χ2n) is 6.67. The zero-order chi connectivity index (χ0) is 14.4. The lowest BCUT2D eigenvalue weighted by atomic mass is 9.68. The monoisotopic (exact) mass is 270 g/mol. The van der Waals surface area contributed by atoms with E-state index in [0.717, 1.165) is 30.5 Å². The summed E-state index contributed by atoms with van der Waals surface area (Å²) in [4.78, 5) is 12.7. The van der Waals surface area contributed by atoms with Crippen LogP contribution in [0.3, 0.4) is 0 Å². The van der Waals surface area contributed by atoms with Crippen molar-refractivity contribution < 1.29 is 4.79 Å². The quantitative estimate of drug-likeness (QED) is 0.652. The van der Waals surface area contributed by atoms with E-state index < -0.39 is 0 Å². The number of amides is 1. The Labute approximate surface area is 120 Å². The molecule has 0 saturated heterocycles. The Morgan fingerprint density at radius 2 is 2.00 bits per heavy atom. The molecular formula is C17H22N2O. The third-order valence-electron chi connectivity index (χ3n) is 5.42. The van der Waals surface area contributed by atoms with Crippen molar-refractivity contribution in [2.75, 3.05) is 5.43 Å². The molecule has 3 nitrogen and oxygen atoms in total. The SMILES string of the molecule is C=C1C2(C(=O)NNc3ccccc3)CCC(C2)C1(C)C. The largest absolute Gasteiger partial charge is 0.299 e. The molecule has 0 spiro atoms. The van der Waals surface area contributed by atoms with Crippen LogP contribution in [0.15, 0.2) is 42.5 Å². The minimum Gasteiger partial charge on any atom is -0.299 e. The minimum atomic E-state index is -0.365. The molecule has 2 bridgehead atoms. The molecule has 0 radical (unpaired) electrons. The van der Waals surface area contributed by atoms with Crippen molar-refractivity contribution in [2.24, 2.45) is 16.7 Å². The van der Waals surface area contributed by atoms with Gasteiger partial charge in [0.15, 0.2) is 0 Å². The molecule has 0 heterocycles. The van der Waals surface area contributed by atoms with E-state index in [4.69, 9.17) is 0 Å². The second kappa shape index (κ2) is 4.37. The van der Waals surface area contributed by atoms with Gasteiger partial charge >= 0.3 is 0 Å². The zero-order valence-corrected chi connectivity index (χ0v) is 12.2. The van der Waals surface area contributed by atoms with Crippen LogP contribution in [0.4, 0.5) is 5.69 Å². The summed E-state index contributed by atoms with van der Waals surface area (Å²) in [6.45, 7) is 8.69. The molecule has 3 rings (SSSR count). The van der Waals surface area contributed by atoms with Crippen LogP contribution in [0.5, 0.6) is 0 Å². The number of rotatable bonds is 3. The number of benzene rings is 1. The van der Waals surface area contributed by atoms with Gasteiger partial charge in [0.25, 0.3) is 0 Å². The van der Waals surface area contributed by atoms with Crippen LogP contribution in [-0.4, -0.2) is 5.91 Å². The van der Waals surface area contributed by atoms with Crippen molar-refractivity contribution >= 4 is 11.6 Å². The fourth-order valence-electron chi connectivity index (χ4n) is 3.91. The summed E-state index contributed by atoms with van der Waals surface area (Å²) in [5.74, 6) is 0.664. The molecule has 1 amide bonds. The van der Waals surface area contributed by atoms with Gasteiger partial charge in [0, 0.05) is 0 Å². The lowest BCUT2D eigenvalue weighted by Crippen LogP contribution is -2.43. The number of hydrogen-bond donors (Lipinski definition) is 2. The van der Waals surface area contributed by atoms with Gasteiger partial charge in [-0.1, -0.05) is 44.2 Å². The maximum absolute atomic E-state index is 12.7. The number of hydrazine groups is 1. The van der Waals surface area contributed by atoms with Gasteiger partial charge < -0.3 is 0 Å². The number of hydrogen-bond acceptors (Lipinski definition) is 2. The maximum atomic E-state index is 12.7. The van der Waals surface area contributed by atoms with Crippen LogP contribution >= 0.6 is 0 Å². The summed E-state index contributed by atoms with van der Waals surface area (Å²) in [5, 5.41) is 0. The number of fused-ring (bicyclic) bond motifs is 2. The lowest BCUT2D eigenvalue weighted by molar-refractivity contribution is -0.128. The summed E-state index contributed by atoms with van der Waals surface area (Å²) in [5.41, 5.74) is 7.61. The molecule has 1 aromatic rings. The van der Waals surface area contributed by atoms with Crippen molar-refractivity contribution in [3.8, 4) is 0 Å². The summed E-state index contributed by atoms with van der Waals surface area (Å²) in [6, 6.07) is 9.70. The van der Waals surface area contributed by atoms with E-state index in [9.17, 15) is 4.79 Å². The van der Waals surface area contributed by atoms with E-state index in [-0.39, 0.29) is 16.7 Å². The van der Waals surface area contributed by atoms with Crippen molar-refractivity contribution in [1.29, 1.82) is 0 Å². The molecule has 2 unspecified atom stereocenters. The lowest BCUT2D eigenvalue weighted by Gasteiger charge is -2.37. The molecule has 2 aliphatic rings. The number of carbonyl (C=O) groups excluding carboxylic acids is 1. The number of carbonyl (C=O) groups is 1. The Morgan fingerprint density at radius 1 is 1.30 bits per heavy atom. The first-order chi connectivity index (χ1) is 9.47. The third kappa shape index (κ3) is 1.76. The smallest absolute Gasteiger partial charge is 0.248 e. The molecule has 2 N–H and O–H groups in total. The first kappa shape index (κ1) is 13.2. The average molecular weight is 270 g/mol. The normalized spacial score (nSPS) is 30.3. The van der Waals surface area contributed by atoms with E-state index in [1.165, 1.54) is 0 Å². The van der Waals surface area contributed by atoms with E-state index in [1.807, 2.05) is 30.3 Å². The van der Waals surface area contributed by atoms with Gasteiger partial charge in [-0.25, -0.2) is 0 Å². The van der Waals surface area contributed by atoms with Gasteiger partial charge in [-0.05, 0) is 42.7 Å². The van der Waals surface area contributed by atoms with E-state index >= 15 is 0 Å². The highest BCUT2D eigenvalue weighted by Gasteiger charge is 2.60. The highest BCUT2D eigenvalue weighted by Crippen LogP contribution is 2.65. The van der Waals surface area contributed by atoms with E-state index in [2.05, 4.69) is 31.3 Å². The molecule has 2 aliphatic carbocycles. The van der Waals surface area contributed by atoms with Gasteiger partial charge in [0.1, 0.15) is 0 Å². The standard InChI is InChI=1S/C17H22N2O/c1-12-16(2,3)13-9-10-17(12,11-13)15(20)19-18-14-7-5-4-6-8-14/h4-8,13,18H,1,9-11H2,2-3H3,(H,19,20). The van der Waals surface area contributed by atoms with E-state index in [0.29, 0.717) is 5.92 Å². The molecule has 3 heteroatoms. The van der Waals surface area contributed by atoms with Gasteiger partial charge in [-0.2, -0.15) is 0 Å². The maximum Gasteiger partial charge on any atom is 0.248 e. The molecule has 0 aliphatic heterocycles. The summed E-state index contributed by atoms with van der Waals surface area (Å²) in [7, 11) is 0. The zero-order valence-electron chi connectivity index (χ0n) is 12.2. The van der Waals surface area contributed by atoms with Crippen molar-refractivity contribution in [1.82, 2.24) is 5.43 Å². The summed E-state index contributed by atoms with van der Waals surface area (Å²) in [6.07, 6.45) is 3.01. The Morgan fingerprint density at radius 3 is 2.60 bits per heavy atom. The van der Waals surface area contributed by atoms with Crippen molar-refractivity contribution in [3.05, 3.63) is 42.5 Å². The van der Waals surface area contributed by atoms with Gasteiger partial charge in [0.05, 0.1) is 11.1 Å².